The van der Waals surface area contributed by atoms with Crippen LogP contribution in [0.4, 0.5) is 5.69 Å². The first-order valence-electron chi connectivity index (χ1n) is 7.81. The minimum atomic E-state index is -0.645. The molecule has 0 radical (unpaired) electrons. The second-order valence-corrected chi connectivity index (χ2v) is 5.87. The molecule has 0 aliphatic carbocycles. The molecule has 1 atom stereocenters. The van der Waals surface area contributed by atoms with E-state index < -0.39 is 5.92 Å². The number of aryl methyl sites for hydroxylation is 2. The molecule has 2 N–H and O–H groups in total. The second-order valence-electron chi connectivity index (χ2n) is 5.87. The Labute approximate surface area is 136 Å². The van der Waals surface area contributed by atoms with Gasteiger partial charge in [-0.25, -0.2) is 0 Å². The number of benzene rings is 1. The first kappa shape index (κ1) is 17.0. The molecule has 124 valence electrons. The first-order valence-corrected chi connectivity index (χ1v) is 7.81. The summed E-state index contributed by atoms with van der Waals surface area (Å²) in [4.78, 5) is 37.0. The van der Waals surface area contributed by atoms with Crippen LogP contribution in [0.1, 0.15) is 24.5 Å². The molecule has 1 aromatic carbocycles. The Hall–Kier alpha value is -2.37. The minimum absolute atomic E-state index is 0.142. The van der Waals surface area contributed by atoms with E-state index in [9.17, 15) is 14.4 Å². The summed E-state index contributed by atoms with van der Waals surface area (Å²) in [6, 6.07) is 5.88. The van der Waals surface area contributed by atoms with Crippen LogP contribution in [-0.2, 0) is 14.4 Å². The topological polar surface area (TPSA) is 78.5 Å². The molecule has 1 aliphatic heterocycles. The summed E-state index contributed by atoms with van der Waals surface area (Å²) in [5, 5.41) is 5.30. The number of nitrogens with one attached hydrogen (secondary N) is 2. The van der Waals surface area contributed by atoms with E-state index in [2.05, 4.69) is 10.6 Å². The monoisotopic (exact) mass is 317 g/mol. The van der Waals surface area contributed by atoms with E-state index in [0.717, 1.165) is 11.3 Å². The summed E-state index contributed by atoms with van der Waals surface area (Å²) in [7, 11) is 0. The van der Waals surface area contributed by atoms with Gasteiger partial charge in [0.1, 0.15) is 5.92 Å². The zero-order valence-corrected chi connectivity index (χ0v) is 13.8. The van der Waals surface area contributed by atoms with Gasteiger partial charge in [0, 0.05) is 32.2 Å². The lowest BCUT2D eigenvalue weighted by Crippen LogP contribution is -2.40. The summed E-state index contributed by atoms with van der Waals surface area (Å²) in [5.41, 5.74) is 3.14. The van der Waals surface area contributed by atoms with Gasteiger partial charge in [0.2, 0.25) is 17.7 Å². The van der Waals surface area contributed by atoms with Gasteiger partial charge in [-0.2, -0.15) is 0 Å². The predicted molar refractivity (Wildman–Crippen MR) is 88.1 cm³/mol. The average Bonchev–Trinajstić information content (AvgIpc) is 2.88. The molecule has 0 bridgehead atoms. The first-order chi connectivity index (χ1) is 10.9. The average molecular weight is 317 g/mol. The van der Waals surface area contributed by atoms with Crippen LogP contribution in [0.3, 0.4) is 0 Å². The molecule has 1 aliphatic rings. The maximum atomic E-state index is 12.5. The zero-order valence-electron chi connectivity index (χ0n) is 13.8. The molecule has 0 saturated carbocycles. The molecule has 1 fully saturated rings. The van der Waals surface area contributed by atoms with Crippen LogP contribution >= 0.6 is 0 Å². The third kappa shape index (κ3) is 4.09. The Morgan fingerprint density at radius 2 is 1.87 bits per heavy atom. The second kappa shape index (κ2) is 7.26. The van der Waals surface area contributed by atoms with E-state index in [-0.39, 0.29) is 17.7 Å². The Morgan fingerprint density at radius 1 is 1.17 bits per heavy atom. The van der Waals surface area contributed by atoms with Gasteiger partial charge in [0.15, 0.2) is 0 Å². The number of carbonyl (C=O) groups excluding carboxylic acids is 3. The van der Waals surface area contributed by atoms with Crippen molar-refractivity contribution in [3.8, 4) is 0 Å². The summed E-state index contributed by atoms with van der Waals surface area (Å²) in [6.45, 7) is 6.69. The summed E-state index contributed by atoms with van der Waals surface area (Å²) < 4.78 is 0. The molecule has 1 saturated heterocycles. The number of hydrogen-bond acceptors (Lipinski definition) is 3. The molecule has 1 aromatic rings. The van der Waals surface area contributed by atoms with E-state index in [1.54, 1.807) is 4.90 Å². The predicted octanol–water partition coefficient (Wildman–Crippen LogP) is 0.909. The van der Waals surface area contributed by atoms with Gasteiger partial charge >= 0.3 is 0 Å². The Bertz CT molecular complexity index is 628. The van der Waals surface area contributed by atoms with Crippen molar-refractivity contribution in [1.29, 1.82) is 0 Å². The van der Waals surface area contributed by atoms with Crippen molar-refractivity contribution < 1.29 is 14.4 Å². The molecule has 6 nitrogen and oxygen atoms in total. The molecule has 2 rings (SSSR count). The van der Waals surface area contributed by atoms with E-state index in [0.29, 0.717) is 26.1 Å². The van der Waals surface area contributed by atoms with Crippen LogP contribution in [-0.4, -0.2) is 37.4 Å². The number of carbonyl (C=O) groups is 3. The third-order valence-electron chi connectivity index (χ3n) is 4.12. The lowest BCUT2D eigenvalue weighted by molar-refractivity contribution is -0.132. The van der Waals surface area contributed by atoms with Crippen molar-refractivity contribution in [2.24, 2.45) is 5.92 Å². The number of rotatable bonds is 5. The van der Waals surface area contributed by atoms with Crippen molar-refractivity contribution in [2.75, 3.05) is 24.5 Å². The lowest BCUT2D eigenvalue weighted by Gasteiger charge is -2.18. The molecule has 3 amide bonds. The van der Waals surface area contributed by atoms with E-state index in [1.807, 2.05) is 32.0 Å². The quantitative estimate of drug-likeness (QED) is 0.626. The minimum Gasteiger partial charge on any atom is -0.355 e. The largest absolute Gasteiger partial charge is 0.355 e. The maximum absolute atomic E-state index is 12.5. The zero-order chi connectivity index (χ0) is 17.0. The van der Waals surface area contributed by atoms with Gasteiger partial charge in [-0.1, -0.05) is 6.07 Å². The molecule has 0 aromatic heterocycles. The van der Waals surface area contributed by atoms with Crippen LogP contribution in [0.2, 0.25) is 0 Å². The van der Waals surface area contributed by atoms with Crippen LogP contribution < -0.4 is 15.5 Å². The van der Waals surface area contributed by atoms with Crippen molar-refractivity contribution in [3.63, 3.8) is 0 Å². The van der Waals surface area contributed by atoms with E-state index in [1.165, 1.54) is 12.5 Å². The fourth-order valence-corrected chi connectivity index (χ4v) is 2.62. The third-order valence-corrected chi connectivity index (χ3v) is 4.12. The summed E-state index contributed by atoms with van der Waals surface area (Å²) in [5.74, 6) is -1.22. The van der Waals surface area contributed by atoms with Crippen molar-refractivity contribution in [3.05, 3.63) is 29.3 Å². The van der Waals surface area contributed by atoms with Gasteiger partial charge in [-0.15, -0.1) is 0 Å². The lowest BCUT2D eigenvalue weighted by atomic mass is 10.1. The van der Waals surface area contributed by atoms with Gasteiger partial charge < -0.3 is 15.5 Å². The van der Waals surface area contributed by atoms with Gasteiger partial charge in [-0.3, -0.25) is 14.4 Å². The van der Waals surface area contributed by atoms with Crippen molar-refractivity contribution in [1.82, 2.24) is 10.6 Å². The summed E-state index contributed by atoms with van der Waals surface area (Å²) >= 11 is 0. The summed E-state index contributed by atoms with van der Waals surface area (Å²) in [6.07, 6.45) is 0.512. The van der Waals surface area contributed by atoms with Crippen molar-refractivity contribution >= 4 is 23.4 Å². The van der Waals surface area contributed by atoms with E-state index in [4.69, 9.17) is 0 Å². The van der Waals surface area contributed by atoms with Crippen LogP contribution in [0.5, 0.6) is 0 Å². The van der Waals surface area contributed by atoms with Crippen LogP contribution in [0.15, 0.2) is 18.2 Å². The molecule has 0 spiro atoms. The van der Waals surface area contributed by atoms with Crippen LogP contribution in [0.25, 0.3) is 0 Å². The van der Waals surface area contributed by atoms with E-state index >= 15 is 0 Å². The highest BCUT2D eigenvalue weighted by atomic mass is 16.2. The normalized spacial score (nSPS) is 17.3. The Kier molecular flexibility index (Phi) is 5.36. The van der Waals surface area contributed by atoms with Gasteiger partial charge in [0.05, 0.1) is 0 Å². The fraction of sp³-hybridized carbons (Fsp3) is 0.471. The highest BCUT2D eigenvalue weighted by Crippen LogP contribution is 2.27. The molecule has 1 heterocycles. The molecule has 23 heavy (non-hydrogen) atoms. The Morgan fingerprint density at radius 3 is 2.52 bits per heavy atom. The number of nitrogens with zero attached hydrogens (tertiary/aromatic N) is 1. The standard InChI is InChI=1S/C17H23N3O3/c1-11-4-5-14(10-12(11)2)20-9-6-15(17(20)23)16(22)19-8-7-18-13(3)21/h4-5,10,15H,6-9H2,1-3H3,(H,18,21)(H,19,22). The van der Waals surface area contributed by atoms with Gasteiger partial charge in [-0.05, 0) is 43.5 Å². The van der Waals surface area contributed by atoms with Crippen molar-refractivity contribution in [2.45, 2.75) is 27.2 Å². The fourth-order valence-electron chi connectivity index (χ4n) is 2.62. The molecule has 6 heteroatoms. The molecule has 1 unspecified atom stereocenters. The number of anilines is 1. The maximum Gasteiger partial charge on any atom is 0.239 e. The van der Waals surface area contributed by atoms with Gasteiger partial charge in [0.25, 0.3) is 0 Å². The smallest absolute Gasteiger partial charge is 0.239 e. The highest BCUT2D eigenvalue weighted by Gasteiger charge is 2.37. The molecular formula is C17H23N3O3. The number of amides is 3. The van der Waals surface area contributed by atoms with Crippen LogP contribution in [0, 0.1) is 19.8 Å². The Balaban J connectivity index is 1.94. The number of hydrogen-bond donors (Lipinski definition) is 2. The molecular weight excluding hydrogens is 294 g/mol. The highest BCUT2D eigenvalue weighted by molar-refractivity contribution is 6.09. The SMILES string of the molecule is CC(=O)NCCNC(=O)C1CCN(c2ccc(C)c(C)c2)C1=O.